The molecule has 0 spiro atoms. The molecule has 1 aliphatic carbocycles. The third-order valence-corrected chi connectivity index (χ3v) is 7.11. The Morgan fingerprint density at radius 1 is 1.18 bits per heavy atom. The summed E-state index contributed by atoms with van der Waals surface area (Å²) >= 11 is 0. The highest BCUT2D eigenvalue weighted by molar-refractivity contribution is 5.82. The maximum atomic E-state index is 12.5. The molecule has 0 unspecified atom stereocenters. The number of carbonyl (C=O) groups is 1. The van der Waals surface area contributed by atoms with Gasteiger partial charge in [0.15, 0.2) is 5.82 Å². The highest BCUT2D eigenvalue weighted by atomic mass is 16.5. The number of aromatic amines is 1. The molecule has 2 N–H and O–H groups in total. The third kappa shape index (κ3) is 5.17. The van der Waals surface area contributed by atoms with Gasteiger partial charge >= 0.3 is 0 Å². The molecule has 1 saturated carbocycles. The fourth-order valence-electron chi connectivity index (χ4n) is 4.75. The van der Waals surface area contributed by atoms with Crippen LogP contribution in [0.5, 0.6) is 11.6 Å². The van der Waals surface area contributed by atoms with Crippen molar-refractivity contribution >= 4 is 17.3 Å². The molecular weight excluding hydrogens is 484 g/mol. The summed E-state index contributed by atoms with van der Waals surface area (Å²) in [6, 6.07) is 10.1. The van der Waals surface area contributed by atoms with Crippen molar-refractivity contribution in [3.63, 3.8) is 0 Å². The third-order valence-electron chi connectivity index (χ3n) is 7.11. The standard InChI is InChI=1S/C27H30N8O3/c1-17-23-11-21(6-5-20(23)14-34(17)15-26(36)28-13-25-30-32-33-31-25)35-10-9-24(18(35)2)38-22-7-8-27(29-12-22)37-16-19-3-4-19/h5-8,11-12,19,24H,1-4,9-10,13-16H2,(H,28,36)(H,30,31,32,33)/t24-/m1/s1. The number of amides is 1. The molecule has 1 saturated heterocycles. The Hall–Kier alpha value is -4.41. The number of hydrogen-bond donors (Lipinski definition) is 2. The van der Waals surface area contributed by atoms with Crippen LogP contribution < -0.4 is 19.7 Å². The van der Waals surface area contributed by atoms with Crippen LogP contribution in [0.1, 0.15) is 36.2 Å². The number of rotatable bonds is 10. The Labute approximate surface area is 220 Å². The van der Waals surface area contributed by atoms with E-state index >= 15 is 0 Å². The highest BCUT2D eigenvalue weighted by Crippen LogP contribution is 2.37. The summed E-state index contributed by atoms with van der Waals surface area (Å²) in [4.78, 5) is 21.0. The summed E-state index contributed by atoms with van der Waals surface area (Å²) in [5, 5.41) is 16.4. The molecule has 196 valence electrons. The first-order valence-corrected chi connectivity index (χ1v) is 12.8. The van der Waals surface area contributed by atoms with Gasteiger partial charge in [-0.1, -0.05) is 24.4 Å². The van der Waals surface area contributed by atoms with Crippen molar-refractivity contribution in [2.75, 3.05) is 24.6 Å². The summed E-state index contributed by atoms with van der Waals surface area (Å²) in [7, 11) is 0. The zero-order valence-corrected chi connectivity index (χ0v) is 21.1. The first-order valence-electron chi connectivity index (χ1n) is 12.8. The predicted octanol–water partition coefficient (Wildman–Crippen LogP) is 2.66. The lowest BCUT2D eigenvalue weighted by Crippen LogP contribution is -2.34. The zero-order valence-electron chi connectivity index (χ0n) is 21.1. The summed E-state index contributed by atoms with van der Waals surface area (Å²) in [6.45, 7) is 11.2. The second-order valence-electron chi connectivity index (χ2n) is 9.87. The van der Waals surface area contributed by atoms with E-state index in [1.807, 2.05) is 17.0 Å². The van der Waals surface area contributed by atoms with Crippen LogP contribution in [0.4, 0.5) is 5.69 Å². The quantitative estimate of drug-likeness (QED) is 0.420. The number of ether oxygens (including phenoxy) is 2. The number of aromatic nitrogens is 5. The zero-order chi connectivity index (χ0) is 26.1. The minimum Gasteiger partial charge on any atom is -0.483 e. The van der Waals surface area contributed by atoms with E-state index in [1.165, 1.54) is 12.8 Å². The second kappa shape index (κ2) is 10.2. The highest BCUT2D eigenvalue weighted by Gasteiger charge is 2.31. The maximum absolute atomic E-state index is 12.5. The first-order chi connectivity index (χ1) is 18.5. The molecule has 2 fully saturated rings. The number of nitrogens with one attached hydrogen (secondary N) is 2. The van der Waals surface area contributed by atoms with Crippen LogP contribution in [0.3, 0.4) is 0 Å². The molecule has 11 nitrogen and oxygen atoms in total. The molecule has 2 aromatic heterocycles. The molecule has 11 heteroatoms. The molecule has 6 rings (SSSR count). The van der Waals surface area contributed by atoms with Gasteiger partial charge in [0.05, 0.1) is 31.6 Å². The summed E-state index contributed by atoms with van der Waals surface area (Å²) in [5.41, 5.74) is 4.94. The van der Waals surface area contributed by atoms with Gasteiger partial charge in [-0.05, 0) is 42.5 Å². The molecule has 0 radical (unpaired) electrons. The minimum absolute atomic E-state index is 0.131. The van der Waals surface area contributed by atoms with Gasteiger partial charge in [0.25, 0.3) is 0 Å². The van der Waals surface area contributed by atoms with Crippen molar-refractivity contribution in [1.82, 2.24) is 35.8 Å². The van der Waals surface area contributed by atoms with Gasteiger partial charge in [-0.3, -0.25) is 4.79 Å². The maximum Gasteiger partial charge on any atom is 0.239 e. The van der Waals surface area contributed by atoms with Gasteiger partial charge in [0.1, 0.15) is 11.9 Å². The van der Waals surface area contributed by atoms with E-state index < -0.39 is 0 Å². The molecule has 1 amide bonds. The van der Waals surface area contributed by atoms with Gasteiger partial charge in [0, 0.05) is 42.5 Å². The SMILES string of the molecule is C=C1c2cc(N3CC[C@@H](Oc4ccc(OCC5CC5)nc4)C3=C)ccc2CN1CC(=O)NCc1nn[nH]n1. The summed E-state index contributed by atoms with van der Waals surface area (Å²) < 4.78 is 11.9. The van der Waals surface area contributed by atoms with Crippen LogP contribution in [0.25, 0.3) is 5.70 Å². The number of pyridine rings is 1. The van der Waals surface area contributed by atoms with E-state index in [4.69, 9.17) is 9.47 Å². The van der Waals surface area contributed by atoms with Crippen LogP contribution in [-0.2, 0) is 17.9 Å². The van der Waals surface area contributed by atoms with Crippen molar-refractivity contribution in [3.8, 4) is 11.6 Å². The Morgan fingerprint density at radius 2 is 2.08 bits per heavy atom. The Balaban J connectivity index is 1.04. The van der Waals surface area contributed by atoms with Gasteiger partial charge in [-0.15, -0.1) is 10.2 Å². The number of fused-ring (bicyclic) bond motifs is 1. The molecule has 1 atom stereocenters. The fraction of sp³-hybridized carbons (Fsp3) is 0.370. The van der Waals surface area contributed by atoms with Crippen LogP contribution in [0.15, 0.2) is 55.4 Å². The van der Waals surface area contributed by atoms with Crippen molar-refractivity contribution in [1.29, 1.82) is 0 Å². The van der Waals surface area contributed by atoms with Crippen molar-refractivity contribution < 1.29 is 14.3 Å². The summed E-state index contributed by atoms with van der Waals surface area (Å²) in [6.07, 6.45) is 4.90. The Bertz CT molecular complexity index is 1340. The van der Waals surface area contributed by atoms with Gasteiger partial charge in [0.2, 0.25) is 11.8 Å². The average molecular weight is 515 g/mol. The number of tetrazole rings is 1. The lowest BCUT2D eigenvalue weighted by molar-refractivity contribution is -0.121. The molecule has 3 aliphatic rings. The normalized spacial score (nSPS) is 18.6. The van der Waals surface area contributed by atoms with Gasteiger partial charge < -0.3 is 24.6 Å². The lowest BCUT2D eigenvalue weighted by Gasteiger charge is -2.22. The number of nitrogens with zero attached hydrogens (tertiary/aromatic N) is 6. The van der Waals surface area contributed by atoms with Crippen molar-refractivity contribution in [2.24, 2.45) is 5.92 Å². The first kappa shape index (κ1) is 24.0. The van der Waals surface area contributed by atoms with E-state index in [0.717, 1.165) is 47.8 Å². The number of benzene rings is 1. The number of carbonyl (C=O) groups excluding carboxylic acids is 1. The molecule has 3 aromatic rings. The topological polar surface area (TPSA) is 121 Å². The Morgan fingerprint density at radius 3 is 2.84 bits per heavy atom. The second-order valence-corrected chi connectivity index (χ2v) is 9.87. The molecule has 38 heavy (non-hydrogen) atoms. The van der Waals surface area contributed by atoms with Gasteiger partial charge in [-0.2, -0.15) is 5.21 Å². The molecule has 4 heterocycles. The van der Waals surface area contributed by atoms with Crippen LogP contribution in [0, 0.1) is 5.92 Å². The van der Waals surface area contributed by atoms with Crippen molar-refractivity contribution in [2.45, 2.75) is 38.5 Å². The van der Waals surface area contributed by atoms with Crippen LogP contribution in [-0.4, -0.2) is 62.2 Å². The lowest BCUT2D eigenvalue weighted by atomic mass is 10.1. The van der Waals surface area contributed by atoms with Crippen LogP contribution in [0.2, 0.25) is 0 Å². The van der Waals surface area contributed by atoms with E-state index in [-0.39, 0.29) is 25.1 Å². The molecule has 1 aromatic carbocycles. The van der Waals surface area contributed by atoms with E-state index in [1.54, 1.807) is 6.20 Å². The average Bonchev–Trinajstić information content (AvgIpc) is 3.33. The minimum atomic E-state index is -0.133. The summed E-state index contributed by atoms with van der Waals surface area (Å²) in [5.74, 6) is 2.33. The van der Waals surface area contributed by atoms with Crippen molar-refractivity contribution in [3.05, 3.63) is 72.3 Å². The fourth-order valence-corrected chi connectivity index (χ4v) is 4.75. The smallest absolute Gasteiger partial charge is 0.239 e. The van der Waals surface area contributed by atoms with E-state index in [2.05, 4.69) is 67.2 Å². The number of anilines is 1. The largest absolute Gasteiger partial charge is 0.483 e. The Kier molecular flexibility index (Phi) is 6.40. The molecule has 2 aliphatic heterocycles. The number of H-pyrrole nitrogens is 1. The van der Waals surface area contributed by atoms with Gasteiger partial charge in [-0.25, -0.2) is 4.98 Å². The predicted molar refractivity (Wildman–Crippen MR) is 140 cm³/mol. The van der Waals surface area contributed by atoms with E-state index in [9.17, 15) is 4.79 Å². The molecular formula is C27H30N8O3. The molecule has 0 bridgehead atoms. The monoisotopic (exact) mass is 514 g/mol. The van der Waals surface area contributed by atoms with Crippen LogP contribution >= 0.6 is 0 Å². The van der Waals surface area contributed by atoms with E-state index in [0.29, 0.717) is 29.9 Å². The number of hydrogen-bond acceptors (Lipinski definition) is 9.